The zero-order valence-electron chi connectivity index (χ0n) is 15.7. The molecule has 29 heavy (non-hydrogen) atoms. The Kier molecular flexibility index (Phi) is 6.64. The van der Waals surface area contributed by atoms with Crippen molar-refractivity contribution >= 4 is 46.0 Å². The molecule has 3 rings (SSSR count). The van der Waals surface area contributed by atoms with Crippen LogP contribution >= 0.6 is 22.9 Å². The largest absolute Gasteiger partial charge is 0.495 e. The Hall–Kier alpha value is -3.16. The first-order chi connectivity index (χ1) is 14.0. The van der Waals surface area contributed by atoms with Gasteiger partial charge in [-0.15, -0.1) is 11.3 Å². The number of amides is 2. The molecule has 0 aliphatic heterocycles. The van der Waals surface area contributed by atoms with Crippen molar-refractivity contribution in [1.29, 1.82) is 0 Å². The predicted molar refractivity (Wildman–Crippen MR) is 117 cm³/mol. The van der Waals surface area contributed by atoms with Crippen LogP contribution in [-0.2, 0) is 4.79 Å². The molecule has 148 valence electrons. The average Bonchev–Trinajstić information content (AvgIpc) is 3.20. The first-order valence-electron chi connectivity index (χ1n) is 8.61. The van der Waals surface area contributed by atoms with Crippen molar-refractivity contribution in [2.24, 2.45) is 0 Å². The van der Waals surface area contributed by atoms with E-state index in [1.165, 1.54) is 17.4 Å². The molecule has 2 N–H and O–H groups in total. The quantitative estimate of drug-likeness (QED) is 0.568. The number of halogens is 1. The second kappa shape index (κ2) is 9.36. The van der Waals surface area contributed by atoms with Crippen LogP contribution < -0.4 is 15.4 Å². The first-order valence-corrected chi connectivity index (χ1v) is 9.86. The molecule has 0 saturated carbocycles. The summed E-state index contributed by atoms with van der Waals surface area (Å²) in [5, 5.41) is 8.12. The van der Waals surface area contributed by atoms with E-state index < -0.39 is 0 Å². The highest BCUT2D eigenvalue weighted by Gasteiger charge is 2.09. The van der Waals surface area contributed by atoms with Crippen LogP contribution in [0.2, 0.25) is 5.02 Å². The Morgan fingerprint density at radius 1 is 1.17 bits per heavy atom. The van der Waals surface area contributed by atoms with Gasteiger partial charge in [0.15, 0.2) is 5.13 Å². The van der Waals surface area contributed by atoms with Gasteiger partial charge in [-0.1, -0.05) is 23.7 Å². The summed E-state index contributed by atoms with van der Waals surface area (Å²) in [7, 11) is 3.13. The van der Waals surface area contributed by atoms with Gasteiger partial charge in [-0.3, -0.25) is 14.9 Å². The molecule has 0 saturated heterocycles. The van der Waals surface area contributed by atoms with Gasteiger partial charge in [0, 0.05) is 29.6 Å². The van der Waals surface area contributed by atoms with Crippen molar-refractivity contribution < 1.29 is 14.3 Å². The van der Waals surface area contributed by atoms with E-state index in [2.05, 4.69) is 15.6 Å². The number of methoxy groups -OCH3 is 1. The second-order valence-electron chi connectivity index (χ2n) is 5.91. The summed E-state index contributed by atoms with van der Waals surface area (Å²) in [6.07, 6.45) is 3.08. The van der Waals surface area contributed by atoms with Crippen LogP contribution in [0.4, 0.5) is 5.13 Å². The average molecular weight is 428 g/mol. The topological polar surface area (TPSA) is 80.3 Å². The van der Waals surface area contributed by atoms with Gasteiger partial charge >= 0.3 is 0 Å². The zero-order chi connectivity index (χ0) is 20.8. The van der Waals surface area contributed by atoms with E-state index in [1.54, 1.807) is 56.6 Å². The van der Waals surface area contributed by atoms with Crippen molar-refractivity contribution in [1.82, 2.24) is 10.3 Å². The minimum Gasteiger partial charge on any atom is -0.495 e. The highest BCUT2D eigenvalue weighted by atomic mass is 35.5. The maximum Gasteiger partial charge on any atom is 0.251 e. The highest BCUT2D eigenvalue weighted by molar-refractivity contribution is 7.14. The number of benzene rings is 2. The van der Waals surface area contributed by atoms with E-state index in [1.807, 2.05) is 11.4 Å². The number of hydrogen-bond donors (Lipinski definition) is 2. The van der Waals surface area contributed by atoms with Crippen molar-refractivity contribution in [3.05, 3.63) is 70.1 Å². The molecule has 0 aliphatic rings. The van der Waals surface area contributed by atoms with E-state index >= 15 is 0 Å². The van der Waals surface area contributed by atoms with E-state index in [0.717, 1.165) is 11.1 Å². The third-order valence-corrected chi connectivity index (χ3v) is 5.06. The van der Waals surface area contributed by atoms with Crippen LogP contribution in [0.15, 0.2) is 53.9 Å². The summed E-state index contributed by atoms with van der Waals surface area (Å²) >= 11 is 7.48. The van der Waals surface area contributed by atoms with Gasteiger partial charge in [-0.2, -0.15) is 0 Å². The summed E-state index contributed by atoms with van der Waals surface area (Å²) in [6, 6.07) is 12.3. The molecule has 1 heterocycles. The maximum atomic E-state index is 12.2. The molecule has 0 spiro atoms. The number of anilines is 1. The lowest BCUT2D eigenvalue weighted by Gasteiger charge is -2.04. The standard InChI is InChI=1S/C21H18ClN3O3S/c1-23-20(27)14-6-3-13(4-7-14)5-10-19(26)25-21-24-17(12-29-21)15-8-9-18(28-2)16(22)11-15/h3-12H,1-2H3,(H,23,27)(H,24,25,26)/b10-5+. The lowest BCUT2D eigenvalue weighted by atomic mass is 10.1. The molecule has 2 amide bonds. The fourth-order valence-corrected chi connectivity index (χ4v) is 3.48. The molecule has 0 fully saturated rings. The summed E-state index contributed by atoms with van der Waals surface area (Å²) in [4.78, 5) is 28.1. The molecule has 0 aliphatic carbocycles. The molecule has 0 atom stereocenters. The van der Waals surface area contributed by atoms with Gasteiger partial charge in [0.1, 0.15) is 5.75 Å². The lowest BCUT2D eigenvalue weighted by Crippen LogP contribution is -2.17. The summed E-state index contributed by atoms with van der Waals surface area (Å²) < 4.78 is 5.15. The molecule has 8 heteroatoms. The Morgan fingerprint density at radius 2 is 1.93 bits per heavy atom. The van der Waals surface area contributed by atoms with Crippen LogP contribution in [0, 0.1) is 0 Å². The third kappa shape index (κ3) is 5.22. The molecular weight excluding hydrogens is 410 g/mol. The van der Waals surface area contributed by atoms with E-state index in [-0.39, 0.29) is 11.8 Å². The van der Waals surface area contributed by atoms with E-state index in [9.17, 15) is 9.59 Å². The highest BCUT2D eigenvalue weighted by Crippen LogP contribution is 2.31. The summed E-state index contributed by atoms with van der Waals surface area (Å²) in [5.74, 6) is 0.137. The van der Waals surface area contributed by atoms with Crippen molar-refractivity contribution in [2.45, 2.75) is 0 Å². The molecule has 0 bridgehead atoms. The molecule has 0 unspecified atom stereocenters. The van der Waals surface area contributed by atoms with E-state index in [4.69, 9.17) is 16.3 Å². The SMILES string of the molecule is CNC(=O)c1ccc(/C=C/C(=O)Nc2nc(-c3ccc(OC)c(Cl)c3)cs2)cc1. The van der Waals surface area contributed by atoms with Gasteiger partial charge < -0.3 is 10.1 Å². The monoisotopic (exact) mass is 427 g/mol. The number of carbonyl (C=O) groups excluding carboxylic acids is 2. The van der Waals surface area contributed by atoms with Gasteiger partial charge in [0.25, 0.3) is 5.91 Å². The number of aromatic nitrogens is 1. The van der Waals surface area contributed by atoms with Crippen LogP contribution in [0.5, 0.6) is 5.75 Å². The normalized spacial score (nSPS) is 10.7. The number of thiazole rings is 1. The number of nitrogens with zero attached hydrogens (tertiary/aromatic N) is 1. The number of ether oxygens (including phenoxy) is 1. The van der Waals surface area contributed by atoms with Gasteiger partial charge in [0.05, 0.1) is 17.8 Å². The Bertz CT molecular complexity index is 1060. The molecule has 2 aromatic carbocycles. The number of hydrogen-bond acceptors (Lipinski definition) is 5. The number of nitrogens with one attached hydrogen (secondary N) is 2. The van der Waals surface area contributed by atoms with E-state index in [0.29, 0.717) is 27.2 Å². The Balaban J connectivity index is 1.63. The number of carbonyl (C=O) groups is 2. The van der Waals surface area contributed by atoms with Gasteiger partial charge in [-0.05, 0) is 42.0 Å². The first kappa shape index (κ1) is 20.6. The lowest BCUT2D eigenvalue weighted by molar-refractivity contribution is -0.111. The Morgan fingerprint density at radius 3 is 2.59 bits per heavy atom. The minimum atomic E-state index is -0.297. The third-order valence-electron chi connectivity index (χ3n) is 4.01. The summed E-state index contributed by atoms with van der Waals surface area (Å²) in [5.41, 5.74) is 2.91. The predicted octanol–water partition coefficient (Wildman–Crippen LogP) is 4.48. The van der Waals surface area contributed by atoms with Gasteiger partial charge in [0.2, 0.25) is 5.91 Å². The van der Waals surface area contributed by atoms with Crippen LogP contribution in [-0.4, -0.2) is 31.0 Å². The van der Waals surface area contributed by atoms with Crippen molar-refractivity contribution in [2.75, 3.05) is 19.5 Å². The second-order valence-corrected chi connectivity index (χ2v) is 7.18. The van der Waals surface area contributed by atoms with Crippen molar-refractivity contribution in [3.8, 4) is 17.0 Å². The maximum absolute atomic E-state index is 12.2. The van der Waals surface area contributed by atoms with Crippen molar-refractivity contribution in [3.63, 3.8) is 0 Å². The fourth-order valence-electron chi connectivity index (χ4n) is 2.50. The zero-order valence-corrected chi connectivity index (χ0v) is 17.3. The van der Waals surface area contributed by atoms with Crippen LogP contribution in [0.25, 0.3) is 17.3 Å². The molecule has 0 radical (unpaired) electrons. The summed E-state index contributed by atoms with van der Waals surface area (Å²) in [6.45, 7) is 0. The molecule has 6 nitrogen and oxygen atoms in total. The fraction of sp³-hybridized carbons (Fsp3) is 0.0952. The van der Waals surface area contributed by atoms with Crippen LogP contribution in [0.3, 0.4) is 0 Å². The number of rotatable bonds is 6. The molecular formula is C21H18ClN3O3S. The smallest absolute Gasteiger partial charge is 0.251 e. The molecule has 3 aromatic rings. The molecule has 1 aromatic heterocycles. The van der Waals surface area contributed by atoms with Gasteiger partial charge in [-0.25, -0.2) is 4.98 Å². The van der Waals surface area contributed by atoms with Crippen LogP contribution in [0.1, 0.15) is 15.9 Å². The Labute approximate surface area is 177 Å². The minimum absolute atomic E-state index is 0.156.